The molecule has 1 saturated heterocycles. The number of nitrogens with zero attached hydrogens (tertiary/aromatic N) is 4. The number of carbonyl (C=O) groups excluding carboxylic acids is 4. The van der Waals surface area contributed by atoms with Crippen LogP contribution >= 0.6 is 23.2 Å². The summed E-state index contributed by atoms with van der Waals surface area (Å²) in [6, 6.07) is 12.2. The van der Waals surface area contributed by atoms with Crippen molar-refractivity contribution in [2.75, 3.05) is 84.3 Å². The zero-order valence-electron chi connectivity index (χ0n) is 39.4. The van der Waals surface area contributed by atoms with Crippen LogP contribution in [0.15, 0.2) is 42.5 Å². The number of carbonyl (C=O) groups is 4. The Morgan fingerprint density at radius 3 is 2.00 bits per heavy atom. The van der Waals surface area contributed by atoms with Gasteiger partial charge in [-0.1, -0.05) is 23.2 Å². The summed E-state index contributed by atoms with van der Waals surface area (Å²) in [4.78, 5) is 61.8. The quantitative estimate of drug-likeness (QED) is 0.0708. The van der Waals surface area contributed by atoms with Crippen molar-refractivity contribution in [2.45, 2.75) is 71.5 Å². The first-order valence-corrected chi connectivity index (χ1v) is 23.2. The van der Waals surface area contributed by atoms with Crippen molar-refractivity contribution >= 4 is 58.1 Å². The molecule has 3 aliphatic heterocycles. The van der Waals surface area contributed by atoms with Crippen LogP contribution in [0, 0.1) is 13.8 Å². The largest absolute Gasteiger partial charge is 0.490 e. The normalized spacial score (nSPS) is 15.5. The Hall–Kier alpha value is -5.42. The number of anilines is 2. The molecule has 15 nitrogen and oxygen atoms in total. The highest BCUT2D eigenvalue weighted by Crippen LogP contribution is 2.60. The number of likely N-dealkylation sites (N-methyl/N-ethyl adjacent to an activating group) is 1. The summed E-state index contributed by atoms with van der Waals surface area (Å²) >= 11 is 14.2. The molecule has 17 heteroatoms. The Balaban J connectivity index is 1.06. The number of hydrogen-bond acceptors (Lipinski definition) is 13. The van der Waals surface area contributed by atoms with Gasteiger partial charge in [0.2, 0.25) is 5.91 Å². The van der Waals surface area contributed by atoms with Crippen LogP contribution in [0.4, 0.5) is 11.4 Å². The van der Waals surface area contributed by atoms with Gasteiger partial charge in [-0.2, -0.15) is 0 Å². The second kappa shape index (κ2) is 20.4. The fourth-order valence-corrected chi connectivity index (χ4v) is 9.96. The number of aliphatic hydroxyl groups is 2. The lowest BCUT2D eigenvalue weighted by Gasteiger charge is -2.38. The maximum atomic E-state index is 14.2. The lowest BCUT2D eigenvalue weighted by Crippen LogP contribution is -2.46. The highest BCUT2D eigenvalue weighted by molar-refractivity contribution is 6.39. The Morgan fingerprint density at radius 1 is 0.866 bits per heavy atom. The van der Waals surface area contributed by atoms with Crippen LogP contribution in [-0.2, 0) is 39.7 Å². The molecule has 67 heavy (non-hydrogen) atoms. The first-order chi connectivity index (χ1) is 31.9. The van der Waals surface area contributed by atoms with Crippen LogP contribution in [0.5, 0.6) is 17.2 Å². The molecule has 7 rings (SSSR count). The van der Waals surface area contributed by atoms with Crippen molar-refractivity contribution in [1.29, 1.82) is 0 Å². The Bertz CT molecular complexity index is 2500. The van der Waals surface area contributed by atoms with Crippen molar-refractivity contribution in [2.24, 2.45) is 0 Å². The first-order valence-electron chi connectivity index (χ1n) is 22.5. The van der Waals surface area contributed by atoms with Crippen LogP contribution in [0.25, 0.3) is 0 Å². The molecule has 4 N–H and O–H groups in total. The summed E-state index contributed by atoms with van der Waals surface area (Å²) in [5, 5.41) is 26.5. The molecule has 3 aliphatic rings. The predicted octanol–water partition coefficient (Wildman–Crippen LogP) is 6.10. The molecule has 0 aliphatic carbocycles. The van der Waals surface area contributed by atoms with E-state index in [1.54, 1.807) is 19.1 Å². The number of ether oxygens (including phenoxy) is 3. The number of fused-ring (bicyclic) bond motifs is 6. The van der Waals surface area contributed by atoms with Gasteiger partial charge in [0.15, 0.2) is 5.60 Å². The molecule has 3 heterocycles. The van der Waals surface area contributed by atoms with E-state index in [0.29, 0.717) is 71.0 Å². The number of aliphatic hydroxyl groups excluding tert-OH is 2. The third-order valence-corrected chi connectivity index (χ3v) is 13.4. The van der Waals surface area contributed by atoms with Gasteiger partial charge in [0.25, 0.3) is 5.91 Å². The number of benzene rings is 4. The Kier molecular flexibility index (Phi) is 15.1. The Morgan fingerprint density at radius 2 is 1.45 bits per heavy atom. The molecule has 0 saturated carbocycles. The molecule has 0 radical (unpaired) electrons. The molecular weight excluding hydrogens is 899 g/mol. The minimum absolute atomic E-state index is 0.0373. The first kappa shape index (κ1) is 49.5. The minimum Gasteiger partial charge on any atom is -0.490 e. The molecular formula is C50H60Cl2N6O9. The number of Topliss-reactive ketones (excluding diaryl/α,β-unsaturated/α-hetero) is 1. The van der Waals surface area contributed by atoms with Crippen molar-refractivity contribution in [3.63, 3.8) is 0 Å². The fourth-order valence-electron chi connectivity index (χ4n) is 9.31. The number of rotatable bonds is 17. The third-order valence-electron chi connectivity index (χ3n) is 12.7. The van der Waals surface area contributed by atoms with Gasteiger partial charge in [-0.25, -0.2) is 4.79 Å². The van der Waals surface area contributed by atoms with E-state index in [4.69, 9.17) is 37.4 Å². The lowest BCUT2D eigenvalue weighted by atomic mass is 9.76. The summed E-state index contributed by atoms with van der Waals surface area (Å²) in [6.07, 6.45) is 0.400. The number of halogens is 2. The topological polar surface area (TPSA) is 173 Å². The lowest BCUT2D eigenvalue weighted by molar-refractivity contribution is -0.123. The van der Waals surface area contributed by atoms with Crippen molar-refractivity contribution in [3.8, 4) is 17.2 Å². The van der Waals surface area contributed by atoms with E-state index < -0.39 is 36.8 Å². The van der Waals surface area contributed by atoms with Gasteiger partial charge in [-0.3, -0.25) is 19.3 Å². The number of esters is 1. The van der Waals surface area contributed by atoms with E-state index in [2.05, 4.69) is 27.5 Å². The predicted molar refractivity (Wildman–Crippen MR) is 258 cm³/mol. The summed E-state index contributed by atoms with van der Waals surface area (Å²) in [7, 11) is 9.79. The number of ketones is 1. The van der Waals surface area contributed by atoms with E-state index in [-0.39, 0.29) is 51.4 Å². The van der Waals surface area contributed by atoms with E-state index >= 15 is 0 Å². The molecule has 1 spiro atoms. The number of amides is 2. The molecule has 0 bridgehead atoms. The molecule has 358 valence electrons. The Labute approximate surface area is 401 Å². The van der Waals surface area contributed by atoms with E-state index in [1.165, 1.54) is 6.07 Å². The van der Waals surface area contributed by atoms with Gasteiger partial charge in [-0.15, -0.1) is 0 Å². The second-order valence-corrected chi connectivity index (χ2v) is 18.9. The number of hydrogen-bond donors (Lipinski definition) is 4. The summed E-state index contributed by atoms with van der Waals surface area (Å²) in [5.74, 6) is -0.261. The summed E-state index contributed by atoms with van der Waals surface area (Å²) < 4.78 is 19.1. The maximum absolute atomic E-state index is 14.2. The van der Waals surface area contributed by atoms with Crippen LogP contribution < -0.4 is 29.9 Å². The van der Waals surface area contributed by atoms with Crippen LogP contribution in [-0.4, -0.2) is 124 Å². The molecule has 1 fully saturated rings. The number of aryl methyl sites for hydroxylation is 2. The zero-order valence-corrected chi connectivity index (χ0v) is 40.9. The highest BCUT2D eigenvalue weighted by Gasteiger charge is 2.56. The molecule has 2 amide bonds. The van der Waals surface area contributed by atoms with E-state index in [1.807, 2.05) is 76.1 Å². The fraction of sp³-hybridized carbons (Fsp3) is 0.440. The average Bonchev–Trinajstić information content (AvgIpc) is 3.59. The van der Waals surface area contributed by atoms with Gasteiger partial charge in [0.05, 0.1) is 47.4 Å². The van der Waals surface area contributed by atoms with Crippen LogP contribution in [0.2, 0.25) is 10.0 Å². The van der Waals surface area contributed by atoms with Gasteiger partial charge < -0.3 is 49.8 Å². The second-order valence-electron chi connectivity index (χ2n) is 18.1. The monoisotopic (exact) mass is 958 g/mol. The highest BCUT2D eigenvalue weighted by atomic mass is 35.5. The third kappa shape index (κ3) is 10.1. The molecule has 4 aromatic carbocycles. The molecule has 4 aromatic rings. The molecule has 1 unspecified atom stereocenters. The molecule has 0 aromatic heterocycles. The smallest absolute Gasteiger partial charge is 0.341 e. The van der Waals surface area contributed by atoms with Crippen molar-refractivity contribution in [1.82, 2.24) is 20.4 Å². The summed E-state index contributed by atoms with van der Waals surface area (Å²) in [5.41, 5.74) is 4.48. The zero-order chi connectivity index (χ0) is 48.5. The number of nitrogens with one attached hydrogen (secondary N) is 2. The SMILES string of the molecule is Cc1cc2c(cc1N(C)C)Oc1cc(N(C)C)c(C)cc1C21OC(=O)c2c(Cl)c(C(=O)NCc3c(CO)cc(OC(C)CC(=O)NCCCC(=O)CN4CCN(C)CC4)cc3CO)cc(Cl)c21. The van der Waals surface area contributed by atoms with Gasteiger partial charge in [0.1, 0.15) is 29.1 Å². The minimum atomic E-state index is -1.57. The number of piperazine rings is 1. The van der Waals surface area contributed by atoms with Crippen molar-refractivity contribution < 1.29 is 43.6 Å². The van der Waals surface area contributed by atoms with E-state index in [9.17, 15) is 29.4 Å². The van der Waals surface area contributed by atoms with Crippen molar-refractivity contribution in [3.05, 3.63) is 108 Å². The van der Waals surface area contributed by atoms with Gasteiger partial charge in [0, 0.05) is 114 Å². The summed E-state index contributed by atoms with van der Waals surface area (Å²) in [6.45, 7) is 9.04. The van der Waals surface area contributed by atoms with E-state index in [0.717, 1.165) is 48.7 Å². The van der Waals surface area contributed by atoms with Crippen LogP contribution in [0.3, 0.4) is 0 Å². The van der Waals surface area contributed by atoms with Crippen LogP contribution in [0.1, 0.15) is 91.4 Å². The molecule has 1 atom stereocenters. The standard InChI is InChI=1S/C50H60Cl2N6O9/c1-28-16-37-42(22-40(28)55(4)5)66-43-23-41(56(6)7)29(2)17-38(43)50(37)46-39(51)21-35(47(52)45(46)49(64)67-50)48(63)54-24-36-31(26-59)19-34(20-32(36)27-60)65-30(3)18-44(62)53-11-9-10-33(61)25-58-14-12-57(8)13-15-58/h16-17,19-23,30,59-60H,9-15,18,24-27H2,1-8H3,(H,53,62)(H,54,63). The average molecular weight is 960 g/mol. The van der Waals surface area contributed by atoms with Gasteiger partial charge >= 0.3 is 5.97 Å². The van der Waals surface area contributed by atoms with Gasteiger partial charge in [-0.05, 0) is 92.4 Å². The maximum Gasteiger partial charge on any atom is 0.341 e.